The van der Waals surface area contributed by atoms with Crippen LogP contribution in [0.1, 0.15) is 19.5 Å². The average Bonchev–Trinajstić information content (AvgIpc) is 3.49. The van der Waals surface area contributed by atoms with Gasteiger partial charge in [-0.3, -0.25) is 0 Å². The Kier molecular flexibility index (Phi) is 6.56. The Balaban J connectivity index is 0.00000124. The van der Waals surface area contributed by atoms with Gasteiger partial charge in [0, 0.05) is 56.4 Å². The number of rotatable bonds is 4. The maximum Gasteiger partial charge on any atom is 0.227 e. The third-order valence-corrected chi connectivity index (χ3v) is 6.86. The predicted molar refractivity (Wildman–Crippen MR) is 143 cm³/mol. The first kappa shape index (κ1) is 23.1. The van der Waals surface area contributed by atoms with Gasteiger partial charge in [0.2, 0.25) is 5.95 Å². The van der Waals surface area contributed by atoms with E-state index in [9.17, 15) is 0 Å². The summed E-state index contributed by atoms with van der Waals surface area (Å²) in [7, 11) is 2.14. The highest BCUT2D eigenvalue weighted by molar-refractivity contribution is 7.21. The maximum atomic E-state index is 4.86. The van der Waals surface area contributed by atoms with Crippen molar-refractivity contribution in [2.24, 2.45) is 0 Å². The minimum atomic E-state index is 0.710. The fourth-order valence-electron chi connectivity index (χ4n) is 4.01. The Labute approximate surface area is 208 Å². The molecule has 0 radical (unpaired) electrons. The molecule has 1 aliphatic heterocycles. The van der Waals surface area contributed by atoms with Crippen molar-refractivity contribution in [2.75, 3.05) is 43.4 Å². The Morgan fingerprint density at radius 3 is 2.60 bits per heavy atom. The zero-order valence-corrected chi connectivity index (χ0v) is 21.2. The van der Waals surface area contributed by atoms with Gasteiger partial charge in [-0.1, -0.05) is 19.9 Å². The Hall–Kier alpha value is -3.63. The number of aromatic nitrogens is 6. The van der Waals surface area contributed by atoms with Gasteiger partial charge in [-0.05, 0) is 26.1 Å². The molecule has 6 heterocycles. The molecule has 9 nitrogen and oxygen atoms in total. The van der Waals surface area contributed by atoms with Crippen molar-refractivity contribution in [3.8, 4) is 10.6 Å². The fraction of sp³-hybridized carbons (Fsp3) is 0.320. The summed E-state index contributed by atoms with van der Waals surface area (Å²) < 4.78 is 2.89. The van der Waals surface area contributed by atoms with Gasteiger partial charge < -0.3 is 15.1 Å². The minimum Gasteiger partial charge on any atom is -0.338 e. The number of nitrogens with one attached hydrogen (secondary N) is 1. The van der Waals surface area contributed by atoms with Gasteiger partial charge >= 0.3 is 0 Å². The van der Waals surface area contributed by atoms with Gasteiger partial charge in [-0.25, -0.2) is 19.5 Å². The number of hydrogen-bond acceptors (Lipinski definition) is 9. The van der Waals surface area contributed by atoms with Crippen molar-refractivity contribution < 1.29 is 0 Å². The Morgan fingerprint density at radius 1 is 0.943 bits per heavy atom. The van der Waals surface area contributed by atoms with E-state index in [1.165, 1.54) is 0 Å². The van der Waals surface area contributed by atoms with Crippen molar-refractivity contribution in [1.82, 2.24) is 34.4 Å². The molecule has 10 heteroatoms. The molecule has 0 amide bonds. The van der Waals surface area contributed by atoms with Crippen LogP contribution in [0.3, 0.4) is 0 Å². The van der Waals surface area contributed by atoms with Crippen LogP contribution in [0.2, 0.25) is 0 Å². The standard InChI is InChI=1S/C23H23N9S.C2H6/c1-15-11-21(29-23(26-15)31-9-7-30(2)8-10-31)28-20-12-17-19(14-24-20)33-22(27-17)16-13-25-32-6-4-3-5-18(16)32;1-2/h3-6,11-14H,7-10H2,1-2H3,(H,24,26,28,29);1-2H3. The van der Waals surface area contributed by atoms with Crippen LogP contribution in [0, 0.1) is 6.92 Å². The summed E-state index contributed by atoms with van der Waals surface area (Å²) in [4.78, 5) is 23.4. The van der Waals surface area contributed by atoms with Crippen LogP contribution in [0.25, 0.3) is 26.3 Å². The van der Waals surface area contributed by atoms with Crippen LogP contribution in [0.15, 0.2) is 48.9 Å². The number of anilines is 3. The van der Waals surface area contributed by atoms with E-state index in [-0.39, 0.29) is 0 Å². The van der Waals surface area contributed by atoms with Crippen LogP contribution in [0.5, 0.6) is 0 Å². The number of thiazole rings is 1. The van der Waals surface area contributed by atoms with Gasteiger partial charge in [-0.2, -0.15) is 10.1 Å². The SMILES string of the molecule is CC.Cc1cc(Nc2cc3nc(-c4cnn5ccccc45)sc3cn2)nc(N2CCN(C)CC2)n1. The number of piperazine rings is 1. The van der Waals surface area contributed by atoms with E-state index in [1.807, 2.05) is 68.1 Å². The monoisotopic (exact) mass is 487 g/mol. The summed E-state index contributed by atoms with van der Waals surface area (Å²) in [5.41, 5.74) is 3.88. The molecular formula is C25H29N9S. The topological polar surface area (TPSA) is 87.4 Å². The first-order valence-corrected chi connectivity index (χ1v) is 12.7. The first-order chi connectivity index (χ1) is 17.1. The molecule has 1 aliphatic rings. The molecule has 1 fully saturated rings. The van der Waals surface area contributed by atoms with E-state index in [0.29, 0.717) is 5.82 Å². The van der Waals surface area contributed by atoms with Crippen molar-refractivity contribution in [3.63, 3.8) is 0 Å². The van der Waals surface area contributed by atoms with Gasteiger partial charge in [0.25, 0.3) is 0 Å². The summed E-state index contributed by atoms with van der Waals surface area (Å²) >= 11 is 1.62. The van der Waals surface area contributed by atoms with E-state index < -0.39 is 0 Å². The van der Waals surface area contributed by atoms with Crippen LogP contribution in [0.4, 0.5) is 17.6 Å². The second-order valence-electron chi connectivity index (χ2n) is 8.25. The molecule has 1 N–H and O–H groups in total. The highest BCUT2D eigenvalue weighted by Gasteiger charge is 2.18. The van der Waals surface area contributed by atoms with Crippen LogP contribution < -0.4 is 10.2 Å². The zero-order valence-electron chi connectivity index (χ0n) is 20.4. The normalized spacial score (nSPS) is 14.2. The molecule has 1 saturated heterocycles. The maximum absolute atomic E-state index is 4.86. The molecule has 0 aromatic carbocycles. The lowest BCUT2D eigenvalue weighted by Gasteiger charge is -2.32. The first-order valence-electron chi connectivity index (χ1n) is 11.9. The molecule has 0 unspecified atom stereocenters. The lowest BCUT2D eigenvalue weighted by molar-refractivity contribution is 0.311. The quantitative estimate of drug-likeness (QED) is 0.393. The molecule has 0 aliphatic carbocycles. The molecule has 35 heavy (non-hydrogen) atoms. The van der Waals surface area contributed by atoms with Crippen LogP contribution in [-0.4, -0.2) is 67.7 Å². The number of aryl methyl sites for hydroxylation is 1. The largest absolute Gasteiger partial charge is 0.338 e. The van der Waals surface area contributed by atoms with Gasteiger partial charge in [-0.15, -0.1) is 11.3 Å². The van der Waals surface area contributed by atoms with Gasteiger partial charge in [0.15, 0.2) is 0 Å². The average molecular weight is 488 g/mol. The lowest BCUT2D eigenvalue weighted by Crippen LogP contribution is -2.45. The Morgan fingerprint density at radius 2 is 1.77 bits per heavy atom. The van der Waals surface area contributed by atoms with E-state index in [0.717, 1.165) is 69.9 Å². The highest BCUT2D eigenvalue weighted by atomic mass is 32.1. The van der Waals surface area contributed by atoms with Crippen molar-refractivity contribution in [3.05, 3.63) is 54.6 Å². The second kappa shape index (κ2) is 9.93. The van der Waals surface area contributed by atoms with Crippen molar-refractivity contribution in [1.29, 1.82) is 0 Å². The van der Waals surface area contributed by atoms with Gasteiger partial charge in [0.05, 0.1) is 27.5 Å². The lowest BCUT2D eigenvalue weighted by atomic mass is 10.3. The predicted octanol–water partition coefficient (Wildman–Crippen LogP) is 4.63. The van der Waals surface area contributed by atoms with Crippen LogP contribution in [-0.2, 0) is 0 Å². The summed E-state index contributed by atoms with van der Waals surface area (Å²) in [6.07, 6.45) is 5.67. The molecule has 5 aromatic rings. The fourth-order valence-corrected chi connectivity index (χ4v) is 4.95. The molecule has 6 rings (SSSR count). The van der Waals surface area contributed by atoms with Gasteiger partial charge in [0.1, 0.15) is 16.6 Å². The summed E-state index contributed by atoms with van der Waals surface area (Å²) in [5, 5.41) is 8.71. The molecule has 0 saturated carbocycles. The van der Waals surface area contributed by atoms with E-state index in [1.54, 1.807) is 11.3 Å². The van der Waals surface area contributed by atoms with E-state index in [4.69, 9.17) is 9.97 Å². The minimum absolute atomic E-state index is 0.710. The summed E-state index contributed by atoms with van der Waals surface area (Å²) in [6, 6.07) is 9.94. The zero-order chi connectivity index (χ0) is 24.4. The number of hydrogen-bond donors (Lipinski definition) is 1. The molecule has 0 spiro atoms. The third kappa shape index (κ3) is 4.80. The molecule has 0 atom stereocenters. The number of pyridine rings is 2. The Bertz CT molecular complexity index is 1450. The van der Waals surface area contributed by atoms with E-state index >= 15 is 0 Å². The number of fused-ring (bicyclic) bond motifs is 2. The molecule has 0 bridgehead atoms. The summed E-state index contributed by atoms with van der Waals surface area (Å²) in [6.45, 7) is 9.86. The smallest absolute Gasteiger partial charge is 0.227 e. The van der Waals surface area contributed by atoms with Crippen LogP contribution >= 0.6 is 11.3 Å². The van der Waals surface area contributed by atoms with Crippen molar-refractivity contribution >= 4 is 44.7 Å². The number of nitrogens with zero attached hydrogens (tertiary/aromatic N) is 8. The van der Waals surface area contributed by atoms with Crippen molar-refractivity contribution in [2.45, 2.75) is 20.8 Å². The summed E-state index contributed by atoms with van der Waals surface area (Å²) in [5.74, 6) is 2.21. The van der Waals surface area contributed by atoms with E-state index in [2.05, 4.69) is 43.3 Å². The number of likely N-dealkylation sites (N-methyl/N-ethyl adjacent to an activating group) is 1. The molecular weight excluding hydrogens is 458 g/mol. The molecule has 180 valence electrons. The second-order valence-corrected chi connectivity index (χ2v) is 9.29. The third-order valence-electron chi connectivity index (χ3n) is 5.82. The highest BCUT2D eigenvalue weighted by Crippen LogP contribution is 2.33. The molecule has 5 aromatic heterocycles.